The molecule has 0 aliphatic rings. The van der Waals surface area contributed by atoms with Gasteiger partial charge in [0, 0.05) is 33.1 Å². The van der Waals surface area contributed by atoms with Crippen LogP contribution in [-0.4, -0.2) is 5.11 Å². The van der Waals surface area contributed by atoms with Gasteiger partial charge in [-0.05, 0) is 35.9 Å². The third kappa shape index (κ3) is 3.35. The zero-order valence-electron chi connectivity index (χ0n) is 11.7. The molecule has 1 atom stereocenters. The lowest BCUT2D eigenvalue weighted by Gasteiger charge is -2.13. The molecule has 1 aromatic carbocycles. The Kier molecular flexibility index (Phi) is 4.39. The van der Waals surface area contributed by atoms with E-state index in [1.807, 2.05) is 24.3 Å². The average molecular weight is 315 g/mol. The van der Waals surface area contributed by atoms with E-state index in [9.17, 15) is 5.11 Å². The van der Waals surface area contributed by atoms with Gasteiger partial charge in [0.15, 0.2) is 0 Å². The number of thiophene rings is 2. The molecule has 2 aromatic heterocycles. The molecule has 2 N–H and O–H groups in total. The largest absolute Gasteiger partial charge is 0.389 e. The van der Waals surface area contributed by atoms with Gasteiger partial charge in [-0.1, -0.05) is 24.3 Å². The fraction of sp³-hybridized carbons (Fsp3) is 0.176. The molecule has 0 aliphatic heterocycles. The summed E-state index contributed by atoms with van der Waals surface area (Å²) in [6.45, 7) is 2.57. The molecule has 4 heteroatoms. The Bertz CT molecular complexity index is 701. The first-order valence-corrected chi connectivity index (χ1v) is 8.62. The third-order valence-corrected chi connectivity index (χ3v) is 5.18. The van der Waals surface area contributed by atoms with E-state index in [-0.39, 0.29) is 0 Å². The summed E-state index contributed by atoms with van der Waals surface area (Å²) in [5.74, 6) is 0. The van der Waals surface area contributed by atoms with E-state index in [1.54, 1.807) is 29.6 Å². The van der Waals surface area contributed by atoms with Crippen LogP contribution < -0.4 is 5.32 Å². The van der Waals surface area contributed by atoms with Gasteiger partial charge in [0.05, 0.1) is 6.10 Å². The van der Waals surface area contributed by atoms with Gasteiger partial charge in [0.25, 0.3) is 0 Å². The van der Waals surface area contributed by atoms with Crippen molar-refractivity contribution in [3.63, 3.8) is 0 Å². The molecule has 0 radical (unpaired) electrons. The van der Waals surface area contributed by atoms with Crippen molar-refractivity contribution in [2.45, 2.75) is 19.6 Å². The number of para-hydroxylation sites is 1. The lowest BCUT2D eigenvalue weighted by molar-refractivity contribution is 0.200. The molecule has 3 rings (SSSR count). The summed E-state index contributed by atoms with van der Waals surface area (Å²) in [6, 6.07) is 14.4. The van der Waals surface area contributed by atoms with Crippen molar-refractivity contribution in [3.8, 4) is 10.4 Å². The number of benzene rings is 1. The number of aliphatic hydroxyl groups is 1. The molecular formula is C17H17NOS2. The SMILES string of the molecule is CC(O)c1ccccc1NCc1cc(-c2cccs2)cs1. The number of aliphatic hydroxyl groups excluding tert-OH is 1. The molecule has 0 saturated carbocycles. The zero-order valence-corrected chi connectivity index (χ0v) is 13.4. The molecule has 0 aliphatic carbocycles. The van der Waals surface area contributed by atoms with E-state index in [1.165, 1.54) is 15.3 Å². The molecule has 108 valence electrons. The molecule has 0 spiro atoms. The van der Waals surface area contributed by atoms with Crippen LogP contribution in [0.4, 0.5) is 5.69 Å². The van der Waals surface area contributed by atoms with Crippen LogP contribution in [0.25, 0.3) is 10.4 Å². The molecule has 2 nitrogen and oxygen atoms in total. The number of hydrogen-bond acceptors (Lipinski definition) is 4. The van der Waals surface area contributed by atoms with E-state index < -0.39 is 6.10 Å². The Hall–Kier alpha value is -1.62. The van der Waals surface area contributed by atoms with Crippen LogP contribution in [0.3, 0.4) is 0 Å². The summed E-state index contributed by atoms with van der Waals surface area (Å²) < 4.78 is 0. The average Bonchev–Trinajstić information content (AvgIpc) is 3.16. The summed E-state index contributed by atoms with van der Waals surface area (Å²) in [6.07, 6.45) is -0.460. The number of rotatable bonds is 5. The smallest absolute Gasteiger partial charge is 0.0781 e. The van der Waals surface area contributed by atoms with Crippen LogP contribution in [-0.2, 0) is 6.54 Å². The van der Waals surface area contributed by atoms with Crippen molar-refractivity contribution in [1.29, 1.82) is 0 Å². The highest BCUT2D eigenvalue weighted by molar-refractivity contribution is 7.14. The summed E-state index contributed by atoms with van der Waals surface area (Å²) in [4.78, 5) is 2.60. The van der Waals surface area contributed by atoms with Gasteiger partial charge < -0.3 is 10.4 Å². The van der Waals surface area contributed by atoms with Gasteiger partial charge in [0.2, 0.25) is 0 Å². The minimum atomic E-state index is -0.460. The standard InChI is InChI=1S/C17H17NOS2/c1-12(19)15-5-2-3-6-16(15)18-10-14-9-13(11-21-14)17-7-4-8-20-17/h2-9,11-12,18-19H,10H2,1H3. The van der Waals surface area contributed by atoms with Crippen LogP contribution >= 0.6 is 22.7 Å². The molecule has 0 amide bonds. The van der Waals surface area contributed by atoms with Gasteiger partial charge >= 0.3 is 0 Å². The lowest BCUT2D eigenvalue weighted by atomic mass is 10.1. The molecule has 0 bridgehead atoms. The summed E-state index contributed by atoms with van der Waals surface area (Å²) in [5.41, 5.74) is 3.22. The van der Waals surface area contributed by atoms with Gasteiger partial charge in [0.1, 0.15) is 0 Å². The summed E-state index contributed by atoms with van der Waals surface area (Å²) >= 11 is 3.53. The Balaban J connectivity index is 1.71. The van der Waals surface area contributed by atoms with E-state index in [4.69, 9.17) is 0 Å². The van der Waals surface area contributed by atoms with E-state index >= 15 is 0 Å². The molecular weight excluding hydrogens is 298 g/mol. The number of nitrogens with one attached hydrogen (secondary N) is 1. The predicted octanol–water partition coefficient (Wildman–Crippen LogP) is 5.14. The van der Waals surface area contributed by atoms with E-state index in [0.717, 1.165) is 17.8 Å². The van der Waals surface area contributed by atoms with Crippen LogP contribution in [0.2, 0.25) is 0 Å². The zero-order chi connectivity index (χ0) is 14.7. The first kappa shape index (κ1) is 14.3. The predicted molar refractivity (Wildman–Crippen MR) is 92.0 cm³/mol. The van der Waals surface area contributed by atoms with E-state index in [2.05, 4.69) is 34.3 Å². The first-order chi connectivity index (χ1) is 10.2. The quantitative estimate of drug-likeness (QED) is 0.683. The van der Waals surface area contributed by atoms with Gasteiger partial charge in [-0.2, -0.15) is 0 Å². The van der Waals surface area contributed by atoms with Gasteiger partial charge in [-0.15, -0.1) is 22.7 Å². The Morgan fingerprint density at radius 2 is 2.00 bits per heavy atom. The highest BCUT2D eigenvalue weighted by Gasteiger charge is 2.08. The highest BCUT2D eigenvalue weighted by atomic mass is 32.1. The number of hydrogen-bond donors (Lipinski definition) is 2. The second-order valence-corrected chi connectivity index (χ2v) is 6.84. The van der Waals surface area contributed by atoms with Crippen LogP contribution in [0.1, 0.15) is 23.5 Å². The van der Waals surface area contributed by atoms with E-state index in [0.29, 0.717) is 0 Å². The lowest BCUT2D eigenvalue weighted by Crippen LogP contribution is -2.03. The molecule has 1 unspecified atom stereocenters. The van der Waals surface area contributed by atoms with Gasteiger partial charge in [-0.25, -0.2) is 0 Å². The van der Waals surface area contributed by atoms with Crippen molar-refractivity contribution < 1.29 is 5.11 Å². The monoisotopic (exact) mass is 315 g/mol. The van der Waals surface area contributed by atoms with Crippen molar-refractivity contribution in [3.05, 3.63) is 63.7 Å². The second kappa shape index (κ2) is 6.43. The van der Waals surface area contributed by atoms with Crippen molar-refractivity contribution >= 4 is 28.4 Å². The normalized spacial score (nSPS) is 12.3. The first-order valence-electron chi connectivity index (χ1n) is 6.86. The Morgan fingerprint density at radius 1 is 1.14 bits per heavy atom. The summed E-state index contributed by atoms with van der Waals surface area (Å²) in [7, 11) is 0. The van der Waals surface area contributed by atoms with Crippen molar-refractivity contribution in [2.75, 3.05) is 5.32 Å². The van der Waals surface area contributed by atoms with Crippen LogP contribution in [0.15, 0.2) is 53.2 Å². The maximum absolute atomic E-state index is 9.79. The maximum Gasteiger partial charge on any atom is 0.0781 e. The molecule has 0 saturated heterocycles. The molecule has 3 aromatic rings. The molecule has 0 fully saturated rings. The highest BCUT2D eigenvalue weighted by Crippen LogP contribution is 2.30. The van der Waals surface area contributed by atoms with Crippen LogP contribution in [0.5, 0.6) is 0 Å². The minimum absolute atomic E-state index is 0.460. The Labute approximate surface area is 132 Å². The Morgan fingerprint density at radius 3 is 2.76 bits per heavy atom. The maximum atomic E-state index is 9.79. The van der Waals surface area contributed by atoms with Gasteiger partial charge in [-0.3, -0.25) is 0 Å². The fourth-order valence-electron chi connectivity index (χ4n) is 2.25. The fourth-order valence-corrected chi connectivity index (χ4v) is 3.86. The van der Waals surface area contributed by atoms with Crippen LogP contribution in [0, 0.1) is 0 Å². The molecule has 2 heterocycles. The summed E-state index contributed by atoms with van der Waals surface area (Å²) in [5, 5.41) is 17.5. The minimum Gasteiger partial charge on any atom is -0.389 e. The number of anilines is 1. The third-order valence-electron chi connectivity index (χ3n) is 3.32. The topological polar surface area (TPSA) is 32.3 Å². The van der Waals surface area contributed by atoms with Crippen molar-refractivity contribution in [1.82, 2.24) is 0 Å². The van der Waals surface area contributed by atoms with Crippen molar-refractivity contribution in [2.24, 2.45) is 0 Å². The second-order valence-electron chi connectivity index (χ2n) is 4.90. The molecule has 21 heavy (non-hydrogen) atoms.